The van der Waals surface area contributed by atoms with Gasteiger partial charge in [-0.1, -0.05) is 30.3 Å². The highest BCUT2D eigenvalue weighted by Gasteiger charge is 2.23. The molecule has 0 saturated carbocycles. The van der Waals surface area contributed by atoms with Gasteiger partial charge in [0, 0.05) is 31.0 Å². The van der Waals surface area contributed by atoms with Gasteiger partial charge in [-0.05, 0) is 43.5 Å². The quantitative estimate of drug-likeness (QED) is 0.258. The number of nitrogens with two attached hydrogens (primary N) is 1. The number of nitrogens with one attached hydrogen (secondary N) is 1. The van der Waals surface area contributed by atoms with Crippen molar-refractivity contribution in [2.45, 2.75) is 39.8 Å². The molecule has 11 nitrogen and oxygen atoms in total. The van der Waals surface area contributed by atoms with E-state index in [1.165, 1.54) is 0 Å². The molecule has 0 atom stereocenters. The van der Waals surface area contributed by atoms with Crippen LogP contribution in [0.1, 0.15) is 31.2 Å². The summed E-state index contributed by atoms with van der Waals surface area (Å²) in [5.41, 5.74) is 11.5. The molecule has 0 bridgehead atoms. The standard InChI is InChI=1S/C26H29N9O2/c1-3-35-24-20(36-12-8-7-11-28-14-19-15-29-17(2)13-30-19)16-31-21(18-9-5-4-6-10-18)22(24)32-26(35)23-25(27)34-37-33-23/h4-6,9-10,13,15-16,28H,3,7-8,11-12,14H2,1-2H3,(H2,27,34). The van der Waals surface area contributed by atoms with Gasteiger partial charge in [0.15, 0.2) is 23.1 Å². The number of fused-ring (bicyclic) bond motifs is 1. The SMILES string of the molecule is CCn1c(-c2nonc2N)nc2c(-c3ccccc3)ncc(OCCCCNCc3cnc(C)cn3)c21. The van der Waals surface area contributed by atoms with Crippen molar-refractivity contribution in [3.05, 3.63) is 60.3 Å². The summed E-state index contributed by atoms with van der Waals surface area (Å²) < 4.78 is 13.1. The second kappa shape index (κ2) is 11.1. The van der Waals surface area contributed by atoms with Crippen molar-refractivity contribution >= 4 is 16.9 Å². The van der Waals surface area contributed by atoms with Gasteiger partial charge in [-0.25, -0.2) is 14.6 Å². The molecule has 0 aliphatic carbocycles. The Kier molecular flexibility index (Phi) is 7.31. The summed E-state index contributed by atoms with van der Waals surface area (Å²) in [6.45, 7) is 6.68. The number of nitrogens with zero attached hydrogens (tertiary/aromatic N) is 7. The minimum Gasteiger partial charge on any atom is -0.490 e. The fourth-order valence-corrected chi connectivity index (χ4v) is 4.13. The van der Waals surface area contributed by atoms with Gasteiger partial charge in [-0.15, -0.1) is 0 Å². The number of ether oxygens (including phenoxy) is 1. The molecule has 5 rings (SSSR count). The van der Waals surface area contributed by atoms with Crippen LogP contribution in [0.2, 0.25) is 0 Å². The first kappa shape index (κ1) is 24.3. The second-order valence-corrected chi connectivity index (χ2v) is 8.59. The van der Waals surface area contributed by atoms with E-state index in [0.717, 1.165) is 47.5 Å². The number of aryl methyl sites for hydroxylation is 2. The average molecular weight is 500 g/mol. The molecule has 0 aliphatic rings. The van der Waals surface area contributed by atoms with E-state index in [2.05, 4.69) is 25.6 Å². The molecule has 5 aromatic rings. The summed E-state index contributed by atoms with van der Waals surface area (Å²) in [6.07, 6.45) is 7.18. The first-order valence-electron chi connectivity index (χ1n) is 12.3. The molecular weight excluding hydrogens is 470 g/mol. The fourth-order valence-electron chi connectivity index (χ4n) is 4.13. The molecule has 4 heterocycles. The molecule has 0 spiro atoms. The van der Waals surface area contributed by atoms with Crippen molar-refractivity contribution < 1.29 is 9.37 Å². The molecule has 190 valence electrons. The molecular formula is C26H29N9O2. The molecule has 0 radical (unpaired) electrons. The van der Waals surface area contributed by atoms with Crippen molar-refractivity contribution in [3.8, 4) is 28.5 Å². The van der Waals surface area contributed by atoms with Gasteiger partial charge in [0.05, 0.1) is 29.9 Å². The molecule has 0 amide bonds. The molecule has 0 saturated heterocycles. The van der Waals surface area contributed by atoms with Crippen LogP contribution in [0.4, 0.5) is 5.82 Å². The van der Waals surface area contributed by atoms with Crippen LogP contribution in [-0.4, -0.2) is 48.0 Å². The minimum absolute atomic E-state index is 0.186. The van der Waals surface area contributed by atoms with Crippen molar-refractivity contribution in [2.75, 3.05) is 18.9 Å². The predicted octanol–water partition coefficient (Wildman–Crippen LogP) is 3.80. The fraction of sp³-hybridized carbons (Fsp3) is 0.308. The lowest BCUT2D eigenvalue weighted by Crippen LogP contribution is -2.16. The van der Waals surface area contributed by atoms with Crippen LogP contribution < -0.4 is 15.8 Å². The summed E-state index contributed by atoms with van der Waals surface area (Å²) in [7, 11) is 0. The van der Waals surface area contributed by atoms with E-state index >= 15 is 0 Å². The van der Waals surface area contributed by atoms with Crippen molar-refractivity contribution in [3.63, 3.8) is 0 Å². The molecule has 0 aliphatic heterocycles. The highest BCUT2D eigenvalue weighted by atomic mass is 16.6. The minimum atomic E-state index is 0.186. The van der Waals surface area contributed by atoms with Crippen molar-refractivity contribution in [2.24, 2.45) is 0 Å². The Balaban J connectivity index is 1.33. The molecule has 0 unspecified atom stereocenters. The third-order valence-electron chi connectivity index (χ3n) is 5.97. The van der Waals surface area contributed by atoms with Crippen molar-refractivity contribution in [1.82, 2.24) is 40.1 Å². The number of hydrogen-bond donors (Lipinski definition) is 2. The maximum atomic E-state index is 6.23. The number of hydrogen-bond acceptors (Lipinski definition) is 10. The van der Waals surface area contributed by atoms with Crippen LogP contribution in [0, 0.1) is 6.92 Å². The lowest BCUT2D eigenvalue weighted by Gasteiger charge is -2.12. The van der Waals surface area contributed by atoms with E-state index in [-0.39, 0.29) is 5.82 Å². The maximum Gasteiger partial charge on any atom is 0.199 e. The zero-order chi connectivity index (χ0) is 25.6. The van der Waals surface area contributed by atoms with Crippen LogP contribution in [0.15, 0.2) is 53.6 Å². The average Bonchev–Trinajstić information content (AvgIpc) is 3.52. The van der Waals surface area contributed by atoms with E-state index in [1.54, 1.807) is 18.6 Å². The molecule has 4 aromatic heterocycles. The van der Waals surface area contributed by atoms with Crippen LogP contribution in [-0.2, 0) is 13.1 Å². The summed E-state index contributed by atoms with van der Waals surface area (Å²) in [5, 5.41) is 11.1. The van der Waals surface area contributed by atoms with E-state index in [9.17, 15) is 0 Å². The Hall–Kier alpha value is -4.38. The third-order valence-corrected chi connectivity index (χ3v) is 5.97. The van der Waals surface area contributed by atoms with Gasteiger partial charge in [0.2, 0.25) is 0 Å². The van der Waals surface area contributed by atoms with E-state index in [1.807, 2.05) is 48.7 Å². The van der Waals surface area contributed by atoms with Crippen molar-refractivity contribution in [1.29, 1.82) is 0 Å². The number of rotatable bonds is 11. The number of benzene rings is 1. The van der Waals surface area contributed by atoms with Crippen LogP contribution >= 0.6 is 0 Å². The highest BCUT2D eigenvalue weighted by molar-refractivity contribution is 5.95. The lowest BCUT2D eigenvalue weighted by atomic mass is 10.1. The Morgan fingerprint density at radius 2 is 1.86 bits per heavy atom. The number of unbranched alkanes of at least 4 members (excludes halogenated alkanes) is 1. The highest BCUT2D eigenvalue weighted by Crippen LogP contribution is 2.36. The molecule has 37 heavy (non-hydrogen) atoms. The number of nitrogen functional groups attached to an aromatic ring is 1. The van der Waals surface area contributed by atoms with Gasteiger partial charge in [0.25, 0.3) is 0 Å². The zero-order valence-corrected chi connectivity index (χ0v) is 20.9. The summed E-state index contributed by atoms with van der Waals surface area (Å²) in [6, 6.07) is 9.94. The molecule has 0 fully saturated rings. The third kappa shape index (κ3) is 5.26. The Morgan fingerprint density at radius 3 is 2.59 bits per heavy atom. The molecule has 11 heteroatoms. The van der Waals surface area contributed by atoms with Gasteiger partial charge in [-0.2, -0.15) is 0 Å². The summed E-state index contributed by atoms with van der Waals surface area (Å²) in [4.78, 5) is 18.2. The monoisotopic (exact) mass is 499 g/mol. The Morgan fingerprint density at radius 1 is 1.00 bits per heavy atom. The second-order valence-electron chi connectivity index (χ2n) is 8.59. The molecule has 3 N–H and O–H groups in total. The smallest absolute Gasteiger partial charge is 0.199 e. The predicted molar refractivity (Wildman–Crippen MR) is 140 cm³/mol. The van der Waals surface area contributed by atoms with Crippen LogP contribution in [0.5, 0.6) is 5.75 Å². The summed E-state index contributed by atoms with van der Waals surface area (Å²) in [5.74, 6) is 1.41. The largest absolute Gasteiger partial charge is 0.490 e. The Bertz CT molecular complexity index is 1460. The normalized spacial score (nSPS) is 11.3. The zero-order valence-electron chi connectivity index (χ0n) is 20.9. The summed E-state index contributed by atoms with van der Waals surface area (Å²) >= 11 is 0. The van der Waals surface area contributed by atoms with Crippen LogP contribution in [0.25, 0.3) is 33.8 Å². The topological polar surface area (TPSA) is 143 Å². The number of imidazole rings is 1. The number of anilines is 1. The van der Waals surface area contributed by atoms with Gasteiger partial charge in [0.1, 0.15) is 11.0 Å². The van der Waals surface area contributed by atoms with E-state index in [4.69, 9.17) is 25.1 Å². The van der Waals surface area contributed by atoms with Gasteiger partial charge < -0.3 is 20.4 Å². The lowest BCUT2D eigenvalue weighted by molar-refractivity contribution is 0.306. The first-order valence-corrected chi connectivity index (χ1v) is 12.3. The van der Waals surface area contributed by atoms with E-state index < -0.39 is 0 Å². The number of pyridine rings is 1. The Labute approximate surface area is 214 Å². The maximum absolute atomic E-state index is 6.23. The van der Waals surface area contributed by atoms with E-state index in [0.29, 0.717) is 42.5 Å². The number of aromatic nitrogens is 7. The van der Waals surface area contributed by atoms with Gasteiger partial charge >= 0.3 is 0 Å². The van der Waals surface area contributed by atoms with Crippen LogP contribution in [0.3, 0.4) is 0 Å². The molecule has 1 aromatic carbocycles. The first-order chi connectivity index (χ1) is 18.2. The van der Waals surface area contributed by atoms with Gasteiger partial charge in [-0.3, -0.25) is 9.97 Å².